The summed E-state index contributed by atoms with van der Waals surface area (Å²) in [5.41, 5.74) is 9.61. The van der Waals surface area contributed by atoms with Gasteiger partial charge in [0.25, 0.3) is 20.2 Å². The van der Waals surface area contributed by atoms with Gasteiger partial charge in [-0.2, -0.15) is 37.2 Å². The zero-order valence-corrected chi connectivity index (χ0v) is 30.0. The van der Waals surface area contributed by atoms with Crippen molar-refractivity contribution in [2.24, 2.45) is 20.4 Å². The number of hydrogen-bond acceptors (Lipinski definition) is 12. The fourth-order valence-corrected chi connectivity index (χ4v) is 6.68. The van der Waals surface area contributed by atoms with Gasteiger partial charge in [0.1, 0.15) is 0 Å². The van der Waals surface area contributed by atoms with Crippen LogP contribution in [0.5, 0.6) is 0 Å². The lowest BCUT2D eigenvalue weighted by Gasteiger charge is -2.14. The fourth-order valence-electron chi connectivity index (χ4n) is 5.08. The van der Waals surface area contributed by atoms with E-state index in [1.165, 1.54) is 46.4 Å². The monoisotopic (exact) mass is 780 g/mol. The van der Waals surface area contributed by atoms with E-state index in [4.69, 9.17) is 34.0 Å². The second kappa shape index (κ2) is 13.9. The normalized spacial score (nSPS) is 16.5. The molecular formula is C32H26Cl2N10O6S2. The second-order valence-electron chi connectivity index (χ2n) is 11.2. The number of rotatable bonds is 9. The molecule has 2 aliphatic rings. The molecule has 6 rings (SSSR count). The summed E-state index contributed by atoms with van der Waals surface area (Å²) in [6.45, 7) is 3.28. The third-order valence-corrected chi connectivity index (χ3v) is 9.92. The lowest BCUT2D eigenvalue weighted by Crippen LogP contribution is -2.27. The number of hydrogen-bond donors (Lipinski definition) is 6. The highest BCUT2D eigenvalue weighted by Gasteiger charge is 2.29. The zero-order valence-electron chi connectivity index (χ0n) is 26.9. The van der Waals surface area contributed by atoms with Crippen LogP contribution in [-0.2, 0) is 20.2 Å². The lowest BCUT2D eigenvalue weighted by atomic mass is 10.0. The van der Waals surface area contributed by atoms with Crippen molar-refractivity contribution in [3.8, 4) is 11.1 Å². The summed E-state index contributed by atoms with van der Waals surface area (Å²) in [6, 6.07) is 20.9. The molecule has 0 bridgehead atoms. The Balaban J connectivity index is 1.14. The first-order valence-corrected chi connectivity index (χ1v) is 18.5. The molecule has 0 radical (unpaired) electrons. The summed E-state index contributed by atoms with van der Waals surface area (Å²) in [7, 11) is -8.90. The zero-order chi connectivity index (χ0) is 37.5. The van der Waals surface area contributed by atoms with E-state index in [1.807, 2.05) is 0 Å². The fraction of sp³-hybridized carbons (Fsp3) is 0.0625. The van der Waals surface area contributed by atoms with Crippen molar-refractivity contribution >= 4 is 101 Å². The van der Waals surface area contributed by atoms with Crippen LogP contribution in [0.15, 0.2) is 115 Å². The Labute approximate surface area is 307 Å². The summed E-state index contributed by atoms with van der Waals surface area (Å²) < 4.78 is 65.1. The minimum Gasteiger partial charge on any atom is -0.282 e. The maximum absolute atomic E-state index is 11.6. The highest BCUT2D eigenvalue weighted by molar-refractivity contribution is 7.86. The highest BCUT2D eigenvalue weighted by atomic mass is 35.5. The van der Waals surface area contributed by atoms with Gasteiger partial charge in [-0.15, -0.1) is 0 Å². The van der Waals surface area contributed by atoms with E-state index >= 15 is 0 Å². The number of amidine groups is 2. The van der Waals surface area contributed by atoms with Crippen molar-refractivity contribution in [1.82, 2.24) is 0 Å². The van der Waals surface area contributed by atoms with Crippen molar-refractivity contribution in [1.29, 1.82) is 10.8 Å². The van der Waals surface area contributed by atoms with Crippen LogP contribution in [0.4, 0.5) is 22.7 Å². The Hall–Kier alpha value is -5.50. The van der Waals surface area contributed by atoms with Crippen molar-refractivity contribution in [2.45, 2.75) is 23.6 Å². The van der Waals surface area contributed by atoms with E-state index in [-0.39, 0.29) is 44.3 Å². The van der Waals surface area contributed by atoms with Crippen LogP contribution in [0.1, 0.15) is 13.8 Å². The maximum atomic E-state index is 11.6. The lowest BCUT2D eigenvalue weighted by molar-refractivity contribution is 0.481. The minimum absolute atomic E-state index is 0.124. The first-order chi connectivity index (χ1) is 24.5. The number of anilines is 4. The number of nitrogens with zero attached hydrogens (tertiary/aromatic N) is 6. The minimum atomic E-state index is -4.45. The van der Waals surface area contributed by atoms with Crippen LogP contribution in [-0.4, -0.2) is 60.5 Å². The van der Waals surface area contributed by atoms with Crippen LogP contribution < -0.4 is 20.9 Å². The van der Waals surface area contributed by atoms with Gasteiger partial charge in [-0.05, 0) is 74.5 Å². The van der Waals surface area contributed by atoms with Crippen molar-refractivity contribution in [2.75, 3.05) is 20.9 Å². The predicted octanol–water partition coefficient (Wildman–Crippen LogP) is 6.44. The van der Waals surface area contributed by atoms with Crippen molar-refractivity contribution in [3.05, 3.63) is 95.0 Å². The summed E-state index contributed by atoms with van der Waals surface area (Å²) in [5.74, 6) is -0.248. The molecule has 20 heteroatoms. The third kappa shape index (κ3) is 7.42. The van der Waals surface area contributed by atoms with E-state index in [0.29, 0.717) is 44.0 Å². The first kappa shape index (κ1) is 36.3. The SMILES string of the molecule is CC1=NN(c2cccc(S(=O)(=O)O)c2)C(=N)/C1=N/Nc1ccc(-c2ccc(N/N=C3/C(=N)N(c4cccc(S(=O)(=O)O)c4)N=C3C)cc2Cl)c(Cl)c1. The Kier molecular flexibility index (Phi) is 9.71. The molecule has 0 spiro atoms. The molecule has 0 unspecified atom stereocenters. The highest BCUT2D eigenvalue weighted by Crippen LogP contribution is 2.36. The molecule has 2 aliphatic heterocycles. The maximum Gasteiger partial charge on any atom is 0.294 e. The molecule has 4 aromatic carbocycles. The van der Waals surface area contributed by atoms with Gasteiger partial charge < -0.3 is 0 Å². The molecule has 52 heavy (non-hydrogen) atoms. The molecule has 0 aliphatic carbocycles. The van der Waals surface area contributed by atoms with Crippen LogP contribution >= 0.6 is 23.2 Å². The summed E-state index contributed by atoms with van der Waals surface area (Å²) in [6.07, 6.45) is 0. The predicted molar refractivity (Wildman–Crippen MR) is 203 cm³/mol. The Morgan fingerprint density at radius 1 is 0.635 bits per heavy atom. The Bertz CT molecular complexity index is 2360. The number of nitrogens with one attached hydrogen (secondary N) is 4. The third-order valence-electron chi connectivity index (χ3n) is 7.60. The van der Waals surface area contributed by atoms with Crippen LogP contribution in [0.3, 0.4) is 0 Å². The summed E-state index contributed by atoms with van der Waals surface area (Å²) >= 11 is 13.3. The number of hydrazone groups is 4. The van der Waals surface area contributed by atoms with E-state index < -0.39 is 20.2 Å². The van der Waals surface area contributed by atoms with E-state index in [0.717, 1.165) is 0 Å². The van der Waals surface area contributed by atoms with E-state index in [2.05, 4.69) is 31.3 Å². The van der Waals surface area contributed by atoms with Crippen LogP contribution in [0.25, 0.3) is 11.1 Å². The summed E-state index contributed by atoms with van der Waals surface area (Å²) in [5, 5.41) is 37.4. The average Bonchev–Trinajstić information content (AvgIpc) is 3.54. The molecular weight excluding hydrogens is 755 g/mol. The van der Waals surface area contributed by atoms with Gasteiger partial charge in [0, 0.05) is 11.1 Å². The number of halogens is 2. The molecule has 0 saturated heterocycles. The molecule has 16 nitrogen and oxygen atoms in total. The van der Waals surface area contributed by atoms with Gasteiger partial charge in [-0.3, -0.25) is 30.8 Å². The van der Waals surface area contributed by atoms with Crippen molar-refractivity contribution < 1.29 is 25.9 Å². The van der Waals surface area contributed by atoms with Gasteiger partial charge in [0.05, 0.1) is 54.0 Å². The largest absolute Gasteiger partial charge is 0.294 e. The van der Waals surface area contributed by atoms with Crippen LogP contribution in [0.2, 0.25) is 10.0 Å². The molecule has 0 atom stereocenters. The second-order valence-corrected chi connectivity index (χ2v) is 14.8. The number of benzene rings is 4. The van der Waals surface area contributed by atoms with Gasteiger partial charge in [0.2, 0.25) is 0 Å². The van der Waals surface area contributed by atoms with E-state index in [1.54, 1.807) is 62.4 Å². The smallest absolute Gasteiger partial charge is 0.282 e. The molecule has 6 N–H and O–H groups in total. The average molecular weight is 782 g/mol. The van der Waals surface area contributed by atoms with Gasteiger partial charge in [-0.25, -0.2) is 10.0 Å². The molecule has 266 valence electrons. The molecule has 0 amide bonds. The molecule has 4 aromatic rings. The van der Waals surface area contributed by atoms with E-state index in [9.17, 15) is 25.9 Å². The standard InChI is InChI=1S/C32H26Cl2N10O6S2/c1-17-29(31(35)43(41-17)21-5-3-7-23(15-21)51(45,46)47)39-37-19-9-11-25(27(33)13-19)26-12-10-20(14-28(26)34)38-40-30-18(2)42-44(32(30)36)22-6-4-8-24(16-22)52(48,49)50/h3-16,35-38H,1-2H3,(H,45,46,47)(H,48,49,50)/b35-31?,36-32?,39-29+,40-30+. The topological polar surface area (TPSA) is 236 Å². The van der Waals surface area contributed by atoms with Gasteiger partial charge in [0.15, 0.2) is 23.1 Å². The van der Waals surface area contributed by atoms with Crippen LogP contribution in [0, 0.1) is 10.8 Å². The van der Waals surface area contributed by atoms with Crippen molar-refractivity contribution in [3.63, 3.8) is 0 Å². The molecule has 0 aromatic heterocycles. The molecule has 0 saturated carbocycles. The Morgan fingerprint density at radius 2 is 1.02 bits per heavy atom. The van der Waals surface area contributed by atoms with Gasteiger partial charge >= 0.3 is 0 Å². The summed E-state index contributed by atoms with van der Waals surface area (Å²) in [4.78, 5) is -0.670. The van der Waals surface area contributed by atoms with Gasteiger partial charge in [-0.1, -0.05) is 47.5 Å². The quantitative estimate of drug-likeness (QED) is 0.0803. The Morgan fingerprint density at radius 3 is 1.37 bits per heavy atom. The molecule has 0 fully saturated rings. The first-order valence-electron chi connectivity index (χ1n) is 14.8. The molecule has 2 heterocycles.